The summed E-state index contributed by atoms with van der Waals surface area (Å²) in [6.45, 7) is 31.5. The Morgan fingerprint density at radius 2 is 0.895 bits per heavy atom. The average molecular weight is 525 g/mol. The Morgan fingerprint density at radius 1 is 0.579 bits per heavy atom. The molecule has 2 nitrogen and oxygen atoms in total. The lowest BCUT2D eigenvalue weighted by atomic mass is 9.49. The summed E-state index contributed by atoms with van der Waals surface area (Å²) in [6.07, 6.45) is 12.3. The molecular weight excluding hydrogens is 460 g/mol. The van der Waals surface area contributed by atoms with Crippen molar-refractivity contribution in [2.24, 2.45) is 33.1 Å². The van der Waals surface area contributed by atoms with E-state index in [1.165, 1.54) is 51.4 Å². The van der Waals surface area contributed by atoms with Gasteiger partial charge in [-0.25, -0.2) is 0 Å². The predicted octanol–water partition coefficient (Wildman–Crippen LogP) is 9.07. The van der Waals surface area contributed by atoms with E-state index < -0.39 is 0 Å². The highest BCUT2D eigenvalue weighted by atomic mass is 14.6. The summed E-state index contributed by atoms with van der Waals surface area (Å²) < 4.78 is 0. The molecule has 0 saturated heterocycles. The zero-order chi connectivity index (χ0) is 28.9. The van der Waals surface area contributed by atoms with E-state index in [-0.39, 0.29) is 0 Å². The van der Waals surface area contributed by atoms with Gasteiger partial charge in [-0.1, -0.05) is 69.2 Å². The fraction of sp³-hybridized carbons (Fsp3) is 0.833. The third kappa shape index (κ3) is 6.54. The Labute approximate surface area is 237 Å². The fourth-order valence-corrected chi connectivity index (χ4v) is 10.4. The standard InChI is InChI=1S/C36H64N2/c1-25-27-19-36(12,24-34(9,10)22-32(5,6)16-14-18-38)30(27)26(2)28-20-35(11,29(25)28)23-33(7,8)21-31(3,4)15-13-17-37/h13-24,37-38H2,1-12H3. The van der Waals surface area contributed by atoms with Crippen LogP contribution < -0.4 is 11.5 Å². The highest BCUT2D eigenvalue weighted by Gasteiger charge is 2.51. The molecule has 218 valence electrons. The second kappa shape index (κ2) is 10.5. The van der Waals surface area contributed by atoms with Crippen molar-refractivity contribution in [1.29, 1.82) is 0 Å². The molecule has 4 N–H and O–H groups in total. The number of nitrogens with two attached hydrogens (primary N) is 2. The number of hydrogen-bond acceptors (Lipinski definition) is 2. The molecule has 0 radical (unpaired) electrons. The first-order valence-electron chi connectivity index (χ1n) is 15.8. The van der Waals surface area contributed by atoms with Gasteiger partial charge in [-0.15, -0.1) is 0 Å². The molecule has 1 aromatic carbocycles. The molecule has 2 heteroatoms. The van der Waals surface area contributed by atoms with Crippen molar-refractivity contribution in [1.82, 2.24) is 0 Å². The van der Waals surface area contributed by atoms with E-state index in [0.29, 0.717) is 32.5 Å². The molecule has 0 saturated carbocycles. The summed E-state index contributed by atoms with van der Waals surface area (Å²) >= 11 is 0. The maximum absolute atomic E-state index is 5.84. The number of rotatable bonds is 14. The van der Waals surface area contributed by atoms with Gasteiger partial charge in [0, 0.05) is 0 Å². The molecule has 2 unspecified atom stereocenters. The van der Waals surface area contributed by atoms with E-state index in [1.54, 1.807) is 33.4 Å². The molecular formula is C36H64N2. The monoisotopic (exact) mass is 525 g/mol. The third-order valence-electron chi connectivity index (χ3n) is 10.4. The Kier molecular flexibility index (Phi) is 8.76. The minimum absolute atomic E-state index is 0.310. The zero-order valence-electron chi connectivity index (χ0n) is 27.6. The minimum Gasteiger partial charge on any atom is -0.330 e. The van der Waals surface area contributed by atoms with E-state index in [4.69, 9.17) is 11.5 Å². The maximum atomic E-state index is 5.84. The van der Waals surface area contributed by atoms with Crippen molar-refractivity contribution in [3.8, 4) is 0 Å². The van der Waals surface area contributed by atoms with Gasteiger partial charge in [0.15, 0.2) is 0 Å². The topological polar surface area (TPSA) is 52.0 Å². The van der Waals surface area contributed by atoms with Crippen LogP contribution in [0.2, 0.25) is 0 Å². The Morgan fingerprint density at radius 3 is 1.18 bits per heavy atom. The van der Waals surface area contributed by atoms with Crippen LogP contribution >= 0.6 is 0 Å². The molecule has 2 aliphatic rings. The van der Waals surface area contributed by atoms with Gasteiger partial charge >= 0.3 is 0 Å². The first kappa shape index (κ1) is 31.7. The van der Waals surface area contributed by atoms with Crippen LogP contribution in [-0.2, 0) is 23.7 Å². The summed E-state index contributed by atoms with van der Waals surface area (Å²) in [5.41, 5.74) is 23.7. The normalized spacial score (nSPS) is 23.5. The molecule has 0 heterocycles. The van der Waals surface area contributed by atoms with Crippen molar-refractivity contribution < 1.29 is 0 Å². The Bertz CT molecular complexity index is 913. The van der Waals surface area contributed by atoms with Crippen LogP contribution in [0.5, 0.6) is 0 Å². The summed E-state index contributed by atoms with van der Waals surface area (Å²) in [7, 11) is 0. The van der Waals surface area contributed by atoms with Crippen molar-refractivity contribution in [3.63, 3.8) is 0 Å². The van der Waals surface area contributed by atoms with Crippen LogP contribution in [-0.4, -0.2) is 13.1 Å². The van der Waals surface area contributed by atoms with Gasteiger partial charge in [0.25, 0.3) is 0 Å². The fourth-order valence-electron chi connectivity index (χ4n) is 10.4. The molecule has 2 atom stereocenters. The van der Waals surface area contributed by atoms with Crippen LogP contribution in [0.15, 0.2) is 0 Å². The molecule has 38 heavy (non-hydrogen) atoms. The van der Waals surface area contributed by atoms with Crippen LogP contribution in [0.4, 0.5) is 0 Å². The van der Waals surface area contributed by atoms with Gasteiger partial charge in [-0.05, 0) is 157 Å². The molecule has 3 rings (SSSR count). The van der Waals surface area contributed by atoms with Gasteiger partial charge in [-0.2, -0.15) is 0 Å². The van der Waals surface area contributed by atoms with Gasteiger partial charge in [0.1, 0.15) is 0 Å². The van der Waals surface area contributed by atoms with Crippen molar-refractivity contribution >= 4 is 0 Å². The van der Waals surface area contributed by atoms with Crippen LogP contribution in [0.3, 0.4) is 0 Å². The second-order valence-electron chi connectivity index (χ2n) is 17.6. The smallest absolute Gasteiger partial charge is 0.00241 e. The third-order valence-corrected chi connectivity index (χ3v) is 10.4. The summed E-state index contributed by atoms with van der Waals surface area (Å²) in [5, 5.41) is 0. The van der Waals surface area contributed by atoms with Crippen LogP contribution in [0.1, 0.15) is 154 Å². The highest BCUT2D eigenvalue weighted by molar-refractivity contribution is 5.65. The molecule has 0 fully saturated rings. The molecule has 0 spiro atoms. The minimum atomic E-state index is 0.310. The number of fused-ring (bicyclic) bond motifs is 2. The van der Waals surface area contributed by atoms with E-state index in [1.807, 2.05) is 0 Å². The predicted molar refractivity (Wildman–Crippen MR) is 168 cm³/mol. The molecule has 0 bridgehead atoms. The summed E-state index contributed by atoms with van der Waals surface area (Å²) in [4.78, 5) is 0. The van der Waals surface area contributed by atoms with Gasteiger partial charge in [-0.3, -0.25) is 0 Å². The van der Waals surface area contributed by atoms with Crippen LogP contribution in [0, 0.1) is 35.5 Å². The Hall–Kier alpha value is -0.860. The first-order valence-corrected chi connectivity index (χ1v) is 15.8. The van der Waals surface area contributed by atoms with E-state index in [2.05, 4.69) is 83.1 Å². The molecule has 0 amide bonds. The lowest BCUT2D eigenvalue weighted by Gasteiger charge is -2.55. The van der Waals surface area contributed by atoms with E-state index >= 15 is 0 Å². The van der Waals surface area contributed by atoms with E-state index in [9.17, 15) is 0 Å². The average Bonchev–Trinajstić information content (AvgIpc) is 2.70. The zero-order valence-corrected chi connectivity index (χ0v) is 27.6. The van der Waals surface area contributed by atoms with Crippen molar-refractivity contribution in [2.75, 3.05) is 13.1 Å². The lowest BCUT2D eigenvalue weighted by molar-refractivity contribution is 0.126. The SMILES string of the molecule is Cc1c2c(c(C)c3c1C(C)(CC(C)(C)CC(C)(C)CCCN)C3)C(C)(CC(C)(C)CC(C)(C)CCCN)C2. The van der Waals surface area contributed by atoms with Gasteiger partial charge < -0.3 is 11.5 Å². The molecule has 1 aromatic rings. The molecule has 2 aliphatic carbocycles. The van der Waals surface area contributed by atoms with Gasteiger partial charge in [0.05, 0.1) is 0 Å². The Balaban J connectivity index is 1.81. The largest absolute Gasteiger partial charge is 0.330 e. The quantitative estimate of drug-likeness (QED) is 0.255. The lowest BCUT2D eigenvalue weighted by Crippen LogP contribution is -2.48. The van der Waals surface area contributed by atoms with Crippen LogP contribution in [0.25, 0.3) is 0 Å². The summed E-state index contributed by atoms with van der Waals surface area (Å²) in [5.74, 6) is 0. The second-order valence-corrected chi connectivity index (χ2v) is 17.6. The number of hydrogen-bond donors (Lipinski definition) is 2. The summed E-state index contributed by atoms with van der Waals surface area (Å²) in [6, 6.07) is 0. The first-order chi connectivity index (χ1) is 17.2. The number of benzene rings is 1. The van der Waals surface area contributed by atoms with Gasteiger partial charge in [0.2, 0.25) is 0 Å². The van der Waals surface area contributed by atoms with Crippen molar-refractivity contribution in [3.05, 3.63) is 33.4 Å². The molecule has 0 aromatic heterocycles. The van der Waals surface area contributed by atoms with Crippen molar-refractivity contribution in [2.45, 2.75) is 158 Å². The van der Waals surface area contributed by atoms with E-state index in [0.717, 1.165) is 25.9 Å². The molecule has 0 aliphatic heterocycles. The highest BCUT2D eigenvalue weighted by Crippen LogP contribution is 2.60. The maximum Gasteiger partial charge on any atom is -0.00241 e.